The van der Waals surface area contributed by atoms with Gasteiger partial charge in [-0.2, -0.15) is 0 Å². The fourth-order valence-electron chi connectivity index (χ4n) is 1.96. The van der Waals surface area contributed by atoms with Gasteiger partial charge in [-0.3, -0.25) is 0 Å². The smallest absolute Gasteiger partial charge is 0.165 e. The molecule has 4 heteroatoms. The molecule has 0 aliphatic heterocycles. The number of hydrogen-bond donors (Lipinski definition) is 1. The van der Waals surface area contributed by atoms with E-state index in [4.69, 9.17) is 16.3 Å². The Kier molecular flexibility index (Phi) is 4.99. The minimum absolute atomic E-state index is 0.164. The molecular formula is C16H17ClFNO. The molecule has 1 atom stereocenters. The molecule has 0 radical (unpaired) electrons. The summed E-state index contributed by atoms with van der Waals surface area (Å²) in [5, 5.41) is 4.07. The summed E-state index contributed by atoms with van der Waals surface area (Å²) in [6.07, 6.45) is 0. The van der Waals surface area contributed by atoms with Crippen LogP contribution in [0.2, 0.25) is 5.02 Å². The highest BCUT2D eigenvalue weighted by atomic mass is 35.5. The van der Waals surface area contributed by atoms with Gasteiger partial charge in [0, 0.05) is 17.6 Å². The van der Waals surface area contributed by atoms with E-state index in [2.05, 4.69) is 12.2 Å². The molecule has 2 rings (SSSR count). The summed E-state index contributed by atoms with van der Waals surface area (Å²) in [7, 11) is 1.46. The van der Waals surface area contributed by atoms with Crippen LogP contribution in [0.5, 0.6) is 5.75 Å². The lowest BCUT2D eigenvalue weighted by Crippen LogP contribution is -2.18. The molecule has 0 spiro atoms. The third-order valence-corrected chi connectivity index (χ3v) is 3.45. The van der Waals surface area contributed by atoms with Gasteiger partial charge in [0.2, 0.25) is 0 Å². The predicted octanol–water partition coefficient (Wildman–Crippen LogP) is 4.34. The van der Waals surface area contributed by atoms with Gasteiger partial charge in [-0.05, 0) is 42.3 Å². The number of hydrogen-bond acceptors (Lipinski definition) is 2. The van der Waals surface area contributed by atoms with E-state index in [-0.39, 0.29) is 17.6 Å². The van der Waals surface area contributed by atoms with Crippen molar-refractivity contribution in [1.82, 2.24) is 5.32 Å². The van der Waals surface area contributed by atoms with Crippen molar-refractivity contribution in [2.75, 3.05) is 7.11 Å². The largest absolute Gasteiger partial charge is 0.494 e. The van der Waals surface area contributed by atoms with Crippen molar-refractivity contribution in [3.05, 3.63) is 64.4 Å². The van der Waals surface area contributed by atoms with Gasteiger partial charge in [0.05, 0.1) is 7.11 Å². The first-order chi connectivity index (χ1) is 9.60. The molecule has 0 heterocycles. The second kappa shape index (κ2) is 6.73. The SMILES string of the molecule is COc1ccc(CN[C@H](C)c2ccc(Cl)cc2)cc1F. The summed E-state index contributed by atoms with van der Waals surface area (Å²) in [6.45, 7) is 2.65. The number of methoxy groups -OCH3 is 1. The van der Waals surface area contributed by atoms with Crippen molar-refractivity contribution < 1.29 is 9.13 Å². The van der Waals surface area contributed by atoms with Gasteiger partial charge < -0.3 is 10.1 Å². The Labute approximate surface area is 123 Å². The summed E-state index contributed by atoms with van der Waals surface area (Å²) in [5.41, 5.74) is 2.02. The van der Waals surface area contributed by atoms with Gasteiger partial charge in [-0.15, -0.1) is 0 Å². The molecule has 0 fully saturated rings. The number of halogens is 2. The summed E-state index contributed by atoms with van der Waals surface area (Å²) >= 11 is 5.86. The maximum atomic E-state index is 13.6. The Morgan fingerprint density at radius 1 is 1.20 bits per heavy atom. The zero-order valence-corrected chi connectivity index (χ0v) is 12.2. The zero-order chi connectivity index (χ0) is 14.5. The minimum Gasteiger partial charge on any atom is -0.494 e. The monoisotopic (exact) mass is 293 g/mol. The summed E-state index contributed by atoms with van der Waals surface area (Å²) in [5.74, 6) is -0.0783. The summed E-state index contributed by atoms with van der Waals surface area (Å²) in [6, 6.07) is 12.8. The topological polar surface area (TPSA) is 21.3 Å². The van der Waals surface area contributed by atoms with Crippen LogP contribution in [0.3, 0.4) is 0 Å². The van der Waals surface area contributed by atoms with Gasteiger partial charge in [0.15, 0.2) is 11.6 Å². The number of benzene rings is 2. The Bertz CT molecular complexity index is 571. The van der Waals surface area contributed by atoms with Crippen LogP contribution in [0, 0.1) is 5.82 Å². The lowest BCUT2D eigenvalue weighted by Gasteiger charge is -2.14. The Morgan fingerprint density at radius 2 is 1.90 bits per heavy atom. The molecule has 0 aliphatic rings. The third kappa shape index (κ3) is 3.71. The molecule has 1 N–H and O–H groups in total. The second-order valence-electron chi connectivity index (χ2n) is 4.62. The maximum Gasteiger partial charge on any atom is 0.165 e. The summed E-state index contributed by atoms with van der Waals surface area (Å²) < 4.78 is 18.5. The van der Waals surface area contributed by atoms with Crippen molar-refractivity contribution in [3.8, 4) is 5.75 Å². The van der Waals surface area contributed by atoms with Crippen molar-refractivity contribution in [1.29, 1.82) is 0 Å². The molecule has 20 heavy (non-hydrogen) atoms. The van der Waals surface area contributed by atoms with E-state index >= 15 is 0 Å². The first-order valence-electron chi connectivity index (χ1n) is 6.41. The van der Waals surface area contributed by atoms with E-state index in [0.29, 0.717) is 6.54 Å². The van der Waals surface area contributed by atoms with Crippen LogP contribution in [-0.4, -0.2) is 7.11 Å². The van der Waals surface area contributed by atoms with E-state index in [9.17, 15) is 4.39 Å². The minimum atomic E-state index is -0.342. The molecule has 0 aliphatic carbocycles. The number of rotatable bonds is 5. The first kappa shape index (κ1) is 14.8. The van der Waals surface area contributed by atoms with Gasteiger partial charge in [0.25, 0.3) is 0 Å². The number of nitrogens with one attached hydrogen (secondary N) is 1. The first-order valence-corrected chi connectivity index (χ1v) is 6.79. The fraction of sp³-hybridized carbons (Fsp3) is 0.250. The van der Waals surface area contributed by atoms with Gasteiger partial charge in [-0.25, -0.2) is 4.39 Å². The van der Waals surface area contributed by atoms with E-state index in [1.807, 2.05) is 30.3 Å². The van der Waals surface area contributed by atoms with Gasteiger partial charge >= 0.3 is 0 Å². The third-order valence-electron chi connectivity index (χ3n) is 3.20. The molecule has 0 bridgehead atoms. The van der Waals surface area contributed by atoms with Crippen LogP contribution in [0.15, 0.2) is 42.5 Å². The van der Waals surface area contributed by atoms with Crippen LogP contribution in [0.25, 0.3) is 0 Å². The molecular weight excluding hydrogens is 277 g/mol. The van der Waals surface area contributed by atoms with Gasteiger partial charge in [-0.1, -0.05) is 29.8 Å². The molecule has 2 aromatic carbocycles. The van der Waals surface area contributed by atoms with E-state index in [0.717, 1.165) is 16.1 Å². The highest BCUT2D eigenvalue weighted by Gasteiger charge is 2.07. The molecule has 2 aromatic rings. The van der Waals surface area contributed by atoms with Gasteiger partial charge in [0.1, 0.15) is 0 Å². The second-order valence-corrected chi connectivity index (χ2v) is 5.06. The average molecular weight is 294 g/mol. The molecule has 0 aromatic heterocycles. The van der Waals surface area contributed by atoms with Crippen LogP contribution in [0.4, 0.5) is 4.39 Å². The molecule has 106 valence electrons. The Hall–Kier alpha value is -1.58. The Morgan fingerprint density at radius 3 is 2.50 bits per heavy atom. The van der Waals surface area contributed by atoms with E-state index < -0.39 is 0 Å². The standard InChI is InChI=1S/C16H17ClFNO/c1-11(13-4-6-14(17)7-5-13)19-10-12-3-8-16(20-2)15(18)9-12/h3-9,11,19H,10H2,1-2H3/t11-/m1/s1. The molecule has 0 amide bonds. The van der Waals surface area contributed by atoms with Crippen LogP contribution >= 0.6 is 11.6 Å². The Balaban J connectivity index is 1.97. The molecule has 2 nitrogen and oxygen atoms in total. The van der Waals surface area contributed by atoms with Crippen molar-refractivity contribution in [2.45, 2.75) is 19.5 Å². The lowest BCUT2D eigenvalue weighted by molar-refractivity contribution is 0.386. The number of ether oxygens (including phenoxy) is 1. The molecule has 0 unspecified atom stereocenters. The molecule has 0 saturated heterocycles. The van der Waals surface area contributed by atoms with Crippen molar-refractivity contribution >= 4 is 11.6 Å². The van der Waals surface area contributed by atoms with Crippen LogP contribution in [-0.2, 0) is 6.54 Å². The van der Waals surface area contributed by atoms with Crippen LogP contribution in [0.1, 0.15) is 24.1 Å². The highest BCUT2D eigenvalue weighted by Crippen LogP contribution is 2.19. The van der Waals surface area contributed by atoms with Crippen molar-refractivity contribution in [2.24, 2.45) is 0 Å². The quantitative estimate of drug-likeness (QED) is 0.885. The average Bonchev–Trinajstić information content (AvgIpc) is 2.45. The highest BCUT2D eigenvalue weighted by molar-refractivity contribution is 6.30. The predicted molar refractivity (Wildman–Crippen MR) is 79.7 cm³/mol. The molecule has 0 saturated carbocycles. The zero-order valence-electron chi connectivity index (χ0n) is 11.5. The van der Waals surface area contributed by atoms with E-state index in [1.54, 1.807) is 6.07 Å². The van der Waals surface area contributed by atoms with E-state index in [1.165, 1.54) is 13.2 Å². The summed E-state index contributed by atoms with van der Waals surface area (Å²) in [4.78, 5) is 0. The normalized spacial score (nSPS) is 12.2. The van der Waals surface area contributed by atoms with Crippen molar-refractivity contribution in [3.63, 3.8) is 0 Å². The lowest BCUT2D eigenvalue weighted by atomic mass is 10.1. The van der Waals surface area contributed by atoms with Crippen LogP contribution < -0.4 is 10.1 Å². The maximum absolute atomic E-state index is 13.6. The fourth-order valence-corrected chi connectivity index (χ4v) is 2.09.